The number of nitrogens with zero attached hydrogens (tertiary/aromatic N) is 1. The van der Waals surface area contributed by atoms with Crippen molar-refractivity contribution < 1.29 is 4.79 Å². The van der Waals surface area contributed by atoms with Crippen molar-refractivity contribution in [1.29, 1.82) is 0 Å². The number of rotatable bonds is 3. The summed E-state index contributed by atoms with van der Waals surface area (Å²) < 4.78 is 0. The van der Waals surface area contributed by atoms with Crippen molar-refractivity contribution in [2.75, 3.05) is 0 Å². The summed E-state index contributed by atoms with van der Waals surface area (Å²) in [6.07, 6.45) is 5.36. The predicted molar refractivity (Wildman–Crippen MR) is 93.2 cm³/mol. The molecule has 0 fully saturated rings. The van der Waals surface area contributed by atoms with Crippen molar-refractivity contribution in [3.8, 4) is 0 Å². The van der Waals surface area contributed by atoms with E-state index in [4.69, 9.17) is 0 Å². The van der Waals surface area contributed by atoms with Crippen LogP contribution in [0.1, 0.15) is 26.9 Å². The molecule has 0 spiro atoms. The number of thioether (sulfide) groups is 1. The average molecular weight is 321 g/mol. The van der Waals surface area contributed by atoms with Gasteiger partial charge in [-0.1, -0.05) is 18.2 Å². The first-order valence-corrected chi connectivity index (χ1v) is 8.31. The summed E-state index contributed by atoms with van der Waals surface area (Å²) in [7, 11) is 0. The molecule has 0 amide bonds. The molecule has 0 saturated carbocycles. The van der Waals surface area contributed by atoms with Crippen molar-refractivity contribution in [3.05, 3.63) is 76.7 Å². The first-order valence-electron chi connectivity index (χ1n) is 7.37. The van der Waals surface area contributed by atoms with Crippen LogP contribution in [0.2, 0.25) is 0 Å². The van der Waals surface area contributed by atoms with Gasteiger partial charge in [0.15, 0.2) is 0 Å². The fourth-order valence-electron chi connectivity index (χ4n) is 2.73. The lowest BCUT2D eigenvalue weighted by Gasteiger charge is -2.12. The van der Waals surface area contributed by atoms with Crippen LogP contribution < -0.4 is 5.32 Å². The Morgan fingerprint density at radius 2 is 2.22 bits per heavy atom. The zero-order chi connectivity index (χ0) is 15.8. The second-order valence-corrected chi connectivity index (χ2v) is 6.54. The van der Waals surface area contributed by atoms with Gasteiger partial charge in [0.2, 0.25) is 5.78 Å². The quantitative estimate of drug-likeness (QED) is 0.718. The molecule has 1 aliphatic heterocycles. The van der Waals surface area contributed by atoms with E-state index in [9.17, 15) is 4.79 Å². The van der Waals surface area contributed by atoms with Crippen LogP contribution in [0.15, 0.2) is 60.0 Å². The Hall–Kier alpha value is -2.53. The SMILES string of the molecule is Cc1ccc2c(C(=O)C3=CSC(c4cccnc4)N3)c[nH]c2c1. The Morgan fingerprint density at radius 1 is 1.30 bits per heavy atom. The van der Waals surface area contributed by atoms with Gasteiger partial charge in [-0.2, -0.15) is 0 Å². The molecule has 1 aliphatic rings. The van der Waals surface area contributed by atoms with Crippen LogP contribution in [0.3, 0.4) is 0 Å². The molecule has 3 aromatic rings. The number of ketones is 1. The average Bonchev–Trinajstić information content (AvgIpc) is 3.22. The summed E-state index contributed by atoms with van der Waals surface area (Å²) in [5, 5.41) is 6.18. The van der Waals surface area contributed by atoms with Gasteiger partial charge in [-0.3, -0.25) is 9.78 Å². The minimum Gasteiger partial charge on any atom is -0.366 e. The number of aryl methyl sites for hydroxylation is 1. The van der Waals surface area contributed by atoms with Gasteiger partial charge in [-0.25, -0.2) is 0 Å². The molecular weight excluding hydrogens is 306 g/mol. The number of H-pyrrole nitrogens is 1. The van der Waals surface area contributed by atoms with Crippen LogP contribution in [0.5, 0.6) is 0 Å². The molecule has 1 aromatic carbocycles. The Labute approximate surface area is 138 Å². The van der Waals surface area contributed by atoms with Crippen LogP contribution in [-0.2, 0) is 0 Å². The number of carbonyl (C=O) groups is 1. The van der Waals surface area contributed by atoms with Crippen molar-refractivity contribution in [2.45, 2.75) is 12.3 Å². The highest BCUT2D eigenvalue weighted by molar-refractivity contribution is 8.02. The lowest BCUT2D eigenvalue weighted by atomic mass is 10.1. The number of hydrogen-bond donors (Lipinski definition) is 2. The number of hydrogen-bond acceptors (Lipinski definition) is 4. The molecule has 23 heavy (non-hydrogen) atoms. The van der Waals surface area contributed by atoms with E-state index in [0.717, 1.165) is 16.5 Å². The third-order valence-corrected chi connectivity index (χ3v) is 4.96. The largest absolute Gasteiger partial charge is 0.366 e. The highest BCUT2D eigenvalue weighted by Gasteiger charge is 2.25. The smallest absolute Gasteiger partial charge is 0.211 e. The van der Waals surface area contributed by atoms with Gasteiger partial charge in [0.05, 0.1) is 5.70 Å². The van der Waals surface area contributed by atoms with Crippen LogP contribution >= 0.6 is 11.8 Å². The van der Waals surface area contributed by atoms with Gasteiger partial charge < -0.3 is 10.3 Å². The molecule has 0 radical (unpaired) electrons. The van der Waals surface area contributed by atoms with E-state index < -0.39 is 0 Å². The molecule has 1 atom stereocenters. The Kier molecular flexibility index (Phi) is 3.42. The number of allylic oxidation sites excluding steroid dienone is 1. The van der Waals surface area contributed by atoms with E-state index in [1.807, 2.05) is 42.8 Å². The molecule has 1 unspecified atom stereocenters. The number of pyridine rings is 1. The number of carbonyl (C=O) groups excluding carboxylic acids is 1. The van der Waals surface area contributed by atoms with Crippen molar-refractivity contribution in [1.82, 2.24) is 15.3 Å². The number of aromatic amines is 1. The Bertz CT molecular complexity index is 914. The zero-order valence-corrected chi connectivity index (χ0v) is 13.4. The third-order valence-electron chi connectivity index (χ3n) is 3.92. The minimum atomic E-state index is 0.0130. The highest BCUT2D eigenvalue weighted by atomic mass is 32.2. The number of benzene rings is 1. The summed E-state index contributed by atoms with van der Waals surface area (Å²) in [6, 6.07) is 9.98. The minimum absolute atomic E-state index is 0.0130. The van der Waals surface area contributed by atoms with E-state index in [1.54, 1.807) is 24.2 Å². The number of nitrogens with one attached hydrogen (secondary N) is 2. The maximum Gasteiger partial charge on any atom is 0.211 e. The topological polar surface area (TPSA) is 57.8 Å². The molecule has 0 saturated heterocycles. The molecule has 4 nitrogen and oxygen atoms in total. The van der Waals surface area contributed by atoms with Crippen LogP contribution in [-0.4, -0.2) is 15.8 Å². The van der Waals surface area contributed by atoms with Crippen LogP contribution in [0.25, 0.3) is 10.9 Å². The first-order chi connectivity index (χ1) is 11.2. The number of fused-ring (bicyclic) bond motifs is 1. The first kappa shape index (κ1) is 14.1. The van der Waals surface area contributed by atoms with Gasteiger partial charge in [0.25, 0.3) is 0 Å². The van der Waals surface area contributed by atoms with Crippen LogP contribution in [0, 0.1) is 6.92 Å². The van der Waals surface area contributed by atoms with Gasteiger partial charge in [0, 0.05) is 46.0 Å². The van der Waals surface area contributed by atoms with E-state index in [1.165, 1.54) is 5.56 Å². The Morgan fingerprint density at radius 3 is 3.04 bits per heavy atom. The third kappa shape index (κ3) is 2.53. The van der Waals surface area contributed by atoms with E-state index in [-0.39, 0.29) is 11.2 Å². The van der Waals surface area contributed by atoms with E-state index in [2.05, 4.69) is 21.4 Å². The lowest BCUT2D eigenvalue weighted by Crippen LogP contribution is -2.19. The van der Waals surface area contributed by atoms with Crippen molar-refractivity contribution in [3.63, 3.8) is 0 Å². The second-order valence-electron chi connectivity index (χ2n) is 5.56. The fraction of sp³-hybridized carbons (Fsp3) is 0.111. The summed E-state index contributed by atoms with van der Waals surface area (Å²) in [4.78, 5) is 20.1. The molecule has 2 aromatic heterocycles. The monoisotopic (exact) mass is 321 g/mol. The molecule has 4 rings (SSSR count). The van der Waals surface area contributed by atoms with Gasteiger partial charge >= 0.3 is 0 Å². The molecule has 114 valence electrons. The summed E-state index contributed by atoms with van der Waals surface area (Å²) in [5.41, 5.74) is 4.55. The second kappa shape index (κ2) is 5.59. The summed E-state index contributed by atoms with van der Waals surface area (Å²) in [5.74, 6) is 0.0130. The van der Waals surface area contributed by atoms with Crippen molar-refractivity contribution >= 4 is 28.4 Å². The highest BCUT2D eigenvalue weighted by Crippen LogP contribution is 2.35. The molecule has 2 N–H and O–H groups in total. The standard InChI is InChI=1S/C18H15N3OS/c1-11-4-5-13-14(9-20-15(13)7-11)17(22)16-10-23-18(21-16)12-3-2-6-19-8-12/h2-10,18,20-21H,1H3. The fourth-order valence-corrected chi connectivity index (χ4v) is 3.67. The molecule has 3 heterocycles. The van der Waals surface area contributed by atoms with Gasteiger partial charge in [-0.05, 0) is 24.6 Å². The van der Waals surface area contributed by atoms with E-state index >= 15 is 0 Å². The van der Waals surface area contributed by atoms with Crippen molar-refractivity contribution in [2.24, 2.45) is 0 Å². The number of aromatic nitrogens is 2. The molecular formula is C18H15N3OS. The normalized spacial score (nSPS) is 17.1. The van der Waals surface area contributed by atoms with Crippen LogP contribution in [0.4, 0.5) is 0 Å². The molecule has 0 aliphatic carbocycles. The van der Waals surface area contributed by atoms with E-state index in [0.29, 0.717) is 11.3 Å². The molecule has 0 bridgehead atoms. The maximum absolute atomic E-state index is 12.8. The van der Waals surface area contributed by atoms with Gasteiger partial charge in [-0.15, -0.1) is 11.8 Å². The molecule has 5 heteroatoms. The lowest BCUT2D eigenvalue weighted by molar-refractivity contribution is 0.102. The zero-order valence-electron chi connectivity index (χ0n) is 12.5. The maximum atomic E-state index is 12.8. The summed E-state index contributed by atoms with van der Waals surface area (Å²) in [6.45, 7) is 2.04. The van der Waals surface area contributed by atoms with Gasteiger partial charge in [0.1, 0.15) is 5.37 Å². The Balaban J connectivity index is 1.60. The predicted octanol–water partition coefficient (Wildman–Crippen LogP) is 3.93. The summed E-state index contributed by atoms with van der Waals surface area (Å²) >= 11 is 1.59. The number of Topliss-reactive ketones (excluding diaryl/α,β-unsaturated/α-hetero) is 1.